The zero-order chi connectivity index (χ0) is 23.7. The Morgan fingerprint density at radius 2 is 1.82 bits per heavy atom. The predicted octanol–water partition coefficient (Wildman–Crippen LogP) is 5.94. The summed E-state index contributed by atoms with van der Waals surface area (Å²) in [5.41, 5.74) is 4.55. The topological polar surface area (TPSA) is 61.2 Å². The molecule has 34 heavy (non-hydrogen) atoms. The quantitative estimate of drug-likeness (QED) is 0.412. The molecule has 1 fully saturated rings. The fourth-order valence-corrected chi connectivity index (χ4v) is 4.30. The van der Waals surface area contributed by atoms with Crippen LogP contribution >= 0.6 is 0 Å². The molecule has 0 saturated carbocycles. The second-order valence-corrected chi connectivity index (χ2v) is 8.17. The Morgan fingerprint density at radius 3 is 2.59 bits per heavy atom. The highest BCUT2D eigenvalue weighted by Gasteiger charge is 2.19. The third-order valence-electron chi connectivity index (χ3n) is 6.08. The number of anilines is 3. The Balaban J connectivity index is 1.68. The number of rotatable bonds is 4. The minimum Gasteiger partial charge on any atom is -0.378 e. The van der Waals surface area contributed by atoms with E-state index < -0.39 is 11.6 Å². The number of ether oxygens (including phenoxy) is 1. The molecule has 0 spiro atoms. The molecule has 4 aromatic rings. The van der Waals surface area contributed by atoms with Gasteiger partial charge in [-0.15, -0.1) is 0 Å². The van der Waals surface area contributed by atoms with Gasteiger partial charge in [0.2, 0.25) is 0 Å². The van der Waals surface area contributed by atoms with E-state index in [0.717, 1.165) is 18.8 Å². The first-order chi connectivity index (χ1) is 16.5. The average Bonchev–Trinajstić information content (AvgIpc) is 2.86. The summed E-state index contributed by atoms with van der Waals surface area (Å²) < 4.78 is 34.2. The smallest absolute Gasteiger partial charge is 0.132 e. The van der Waals surface area contributed by atoms with Gasteiger partial charge in [-0.2, -0.15) is 5.26 Å². The lowest BCUT2D eigenvalue weighted by molar-refractivity contribution is 0.122. The van der Waals surface area contributed by atoms with Gasteiger partial charge in [-0.1, -0.05) is 12.1 Å². The molecule has 1 aromatic heterocycles. The number of fused-ring (bicyclic) bond motifs is 1. The van der Waals surface area contributed by atoms with Crippen molar-refractivity contribution in [2.24, 2.45) is 0 Å². The van der Waals surface area contributed by atoms with Crippen molar-refractivity contribution in [1.82, 2.24) is 4.98 Å². The van der Waals surface area contributed by atoms with Gasteiger partial charge in [0.05, 0.1) is 41.4 Å². The Bertz CT molecular complexity index is 1420. The molecule has 5 nitrogen and oxygen atoms in total. The summed E-state index contributed by atoms with van der Waals surface area (Å²) in [6.45, 7) is 4.67. The molecule has 0 atom stereocenters. The molecule has 2 heterocycles. The summed E-state index contributed by atoms with van der Waals surface area (Å²) in [6, 6.07) is 18.6. The van der Waals surface area contributed by atoms with Crippen molar-refractivity contribution in [2.75, 3.05) is 36.5 Å². The first kappa shape index (κ1) is 21.8. The number of halogens is 2. The zero-order valence-electron chi connectivity index (χ0n) is 18.6. The van der Waals surface area contributed by atoms with Crippen molar-refractivity contribution in [3.05, 3.63) is 83.4 Å². The van der Waals surface area contributed by atoms with E-state index in [1.165, 1.54) is 18.2 Å². The van der Waals surface area contributed by atoms with Crippen molar-refractivity contribution >= 4 is 28.0 Å². The number of morpholine rings is 1. The monoisotopic (exact) mass is 456 g/mol. The average molecular weight is 456 g/mol. The van der Waals surface area contributed by atoms with E-state index in [4.69, 9.17) is 4.74 Å². The third kappa shape index (κ3) is 4.04. The van der Waals surface area contributed by atoms with Crippen LogP contribution in [0.1, 0.15) is 11.1 Å². The van der Waals surface area contributed by atoms with Crippen LogP contribution in [0.2, 0.25) is 0 Å². The van der Waals surface area contributed by atoms with Crippen molar-refractivity contribution in [3.8, 4) is 17.3 Å². The number of benzene rings is 3. The zero-order valence-corrected chi connectivity index (χ0v) is 18.6. The fraction of sp³-hybridized carbons (Fsp3) is 0.185. The lowest BCUT2D eigenvalue weighted by atomic mass is 10.0. The number of hydrogen-bond acceptors (Lipinski definition) is 5. The van der Waals surface area contributed by atoms with E-state index in [1.807, 2.05) is 19.1 Å². The number of hydrogen-bond donors (Lipinski definition) is 1. The molecule has 1 aliphatic rings. The van der Waals surface area contributed by atoms with E-state index in [2.05, 4.69) is 21.3 Å². The molecule has 5 rings (SSSR count). The summed E-state index contributed by atoms with van der Waals surface area (Å²) >= 11 is 0. The molecular weight excluding hydrogens is 434 g/mol. The van der Waals surface area contributed by atoms with E-state index in [9.17, 15) is 14.0 Å². The van der Waals surface area contributed by atoms with Gasteiger partial charge in [0.15, 0.2) is 0 Å². The molecular formula is C27H22F2N4O. The fourth-order valence-electron chi connectivity index (χ4n) is 4.30. The lowest BCUT2D eigenvalue weighted by Gasteiger charge is -2.29. The molecule has 1 saturated heterocycles. The number of pyridine rings is 1. The molecule has 0 radical (unpaired) electrons. The second-order valence-electron chi connectivity index (χ2n) is 8.17. The maximum Gasteiger partial charge on any atom is 0.132 e. The molecule has 1 N–H and O–H groups in total. The van der Waals surface area contributed by atoms with Gasteiger partial charge in [-0.25, -0.2) is 13.8 Å². The summed E-state index contributed by atoms with van der Waals surface area (Å²) in [6.07, 6.45) is 0. The van der Waals surface area contributed by atoms with E-state index in [0.29, 0.717) is 57.9 Å². The van der Waals surface area contributed by atoms with Gasteiger partial charge in [0.1, 0.15) is 17.7 Å². The largest absolute Gasteiger partial charge is 0.378 e. The van der Waals surface area contributed by atoms with Crippen LogP contribution in [0.25, 0.3) is 22.2 Å². The van der Waals surface area contributed by atoms with Gasteiger partial charge >= 0.3 is 0 Å². The maximum absolute atomic E-state index is 14.7. The van der Waals surface area contributed by atoms with Gasteiger partial charge in [-0.3, -0.25) is 0 Å². The van der Waals surface area contributed by atoms with Gasteiger partial charge in [-0.05, 0) is 55.0 Å². The molecule has 0 aliphatic carbocycles. The molecule has 7 heteroatoms. The Kier molecular flexibility index (Phi) is 5.83. The van der Waals surface area contributed by atoms with E-state index in [1.54, 1.807) is 30.3 Å². The second kappa shape index (κ2) is 9.08. The van der Waals surface area contributed by atoms with Crippen LogP contribution in [-0.2, 0) is 4.74 Å². The molecule has 3 aromatic carbocycles. The lowest BCUT2D eigenvalue weighted by Crippen LogP contribution is -2.36. The summed E-state index contributed by atoms with van der Waals surface area (Å²) in [4.78, 5) is 6.80. The van der Waals surface area contributed by atoms with Gasteiger partial charge in [0.25, 0.3) is 0 Å². The minimum atomic E-state index is -0.429. The van der Waals surface area contributed by atoms with Crippen LogP contribution in [0, 0.1) is 29.9 Å². The Hall–Kier alpha value is -4.02. The van der Waals surface area contributed by atoms with E-state index >= 15 is 0 Å². The predicted molar refractivity (Wildman–Crippen MR) is 129 cm³/mol. The number of nitrogens with zero attached hydrogens (tertiary/aromatic N) is 3. The first-order valence-electron chi connectivity index (χ1n) is 11.0. The molecule has 0 amide bonds. The molecule has 0 bridgehead atoms. The first-order valence-corrected chi connectivity index (χ1v) is 11.0. The van der Waals surface area contributed by atoms with Crippen molar-refractivity contribution in [2.45, 2.75) is 6.92 Å². The number of nitrogens with one attached hydrogen (secondary N) is 1. The van der Waals surface area contributed by atoms with Crippen LogP contribution in [0.3, 0.4) is 0 Å². The van der Waals surface area contributed by atoms with Gasteiger partial charge in [0, 0.05) is 35.8 Å². The normalized spacial score (nSPS) is 13.6. The minimum absolute atomic E-state index is 0.330. The highest BCUT2D eigenvalue weighted by Crippen LogP contribution is 2.37. The van der Waals surface area contributed by atoms with Crippen molar-refractivity contribution in [1.29, 1.82) is 5.26 Å². The molecule has 0 unspecified atom stereocenters. The number of aromatic nitrogens is 1. The highest BCUT2D eigenvalue weighted by molar-refractivity contribution is 5.98. The van der Waals surface area contributed by atoms with Crippen LogP contribution in [0.15, 0.2) is 60.7 Å². The number of nitriles is 1. The summed E-state index contributed by atoms with van der Waals surface area (Å²) in [5.74, 6) is -0.840. The molecule has 170 valence electrons. The van der Waals surface area contributed by atoms with Gasteiger partial charge < -0.3 is 15.0 Å². The standard InChI is InChI=1S/C27H22F2N4O/c1-17-26(21-4-2-3-5-23(21)29)32-25-14-19(28)7-9-22(25)27(17)31-24-15-20(8-6-18(24)16-30)33-10-12-34-13-11-33/h2-9,14-15H,10-13H2,1H3,(H,31,32). The van der Waals surface area contributed by atoms with Crippen LogP contribution in [0.5, 0.6) is 0 Å². The maximum atomic E-state index is 14.7. The Morgan fingerprint density at radius 1 is 1.03 bits per heavy atom. The van der Waals surface area contributed by atoms with Crippen molar-refractivity contribution < 1.29 is 13.5 Å². The molecule has 1 aliphatic heterocycles. The summed E-state index contributed by atoms with van der Waals surface area (Å²) in [7, 11) is 0. The highest BCUT2D eigenvalue weighted by atomic mass is 19.1. The van der Waals surface area contributed by atoms with E-state index in [-0.39, 0.29) is 0 Å². The van der Waals surface area contributed by atoms with Crippen LogP contribution in [0.4, 0.5) is 25.8 Å². The van der Waals surface area contributed by atoms with Crippen LogP contribution < -0.4 is 10.2 Å². The van der Waals surface area contributed by atoms with Crippen molar-refractivity contribution in [3.63, 3.8) is 0 Å². The summed E-state index contributed by atoms with van der Waals surface area (Å²) in [5, 5.41) is 13.8. The Labute approximate surface area is 196 Å². The third-order valence-corrected chi connectivity index (χ3v) is 6.08. The SMILES string of the molecule is Cc1c(-c2ccccc2F)nc2cc(F)ccc2c1Nc1cc(N2CCOCC2)ccc1C#N. The van der Waals surface area contributed by atoms with Crippen LogP contribution in [-0.4, -0.2) is 31.3 Å².